The van der Waals surface area contributed by atoms with Crippen LogP contribution in [0.2, 0.25) is 0 Å². The topological polar surface area (TPSA) is 29.3 Å². The van der Waals surface area contributed by atoms with Crippen LogP contribution in [-0.4, -0.2) is 24.5 Å². The summed E-state index contributed by atoms with van der Waals surface area (Å²) in [6, 6.07) is 10.7. The van der Waals surface area contributed by atoms with Gasteiger partial charge in [0.2, 0.25) is 0 Å². The van der Waals surface area contributed by atoms with E-state index in [1.54, 1.807) is 0 Å². The third-order valence-electron chi connectivity index (χ3n) is 3.94. The van der Waals surface area contributed by atoms with Crippen LogP contribution in [0.15, 0.2) is 30.3 Å². The van der Waals surface area contributed by atoms with Gasteiger partial charge in [-0.2, -0.15) is 0 Å². The molecule has 1 aromatic carbocycles. The summed E-state index contributed by atoms with van der Waals surface area (Å²) >= 11 is 0. The second-order valence-corrected chi connectivity index (χ2v) is 5.51. The lowest BCUT2D eigenvalue weighted by atomic mass is 9.89. The lowest BCUT2D eigenvalue weighted by molar-refractivity contribution is 0.198. The van der Waals surface area contributed by atoms with E-state index in [4.69, 9.17) is 5.73 Å². The maximum Gasteiger partial charge on any atom is 0.0234 e. The number of nitrogens with zero attached hydrogens (tertiary/aromatic N) is 1. The molecule has 0 saturated heterocycles. The van der Waals surface area contributed by atoms with Crippen LogP contribution in [0.5, 0.6) is 0 Å². The minimum Gasteiger partial charge on any atom is -0.329 e. The Labute approximate surface area is 111 Å². The summed E-state index contributed by atoms with van der Waals surface area (Å²) in [6.07, 6.45) is 7.11. The molecule has 0 aromatic heterocycles. The Balaban J connectivity index is 1.86. The lowest BCUT2D eigenvalue weighted by Crippen LogP contribution is -2.34. The number of hydrogen-bond donors (Lipinski definition) is 1. The second kappa shape index (κ2) is 7.55. The maximum atomic E-state index is 5.75. The monoisotopic (exact) mass is 246 g/mol. The zero-order valence-corrected chi connectivity index (χ0v) is 11.4. The molecule has 0 bridgehead atoms. The molecule has 1 fully saturated rings. The molecule has 0 heterocycles. The molecule has 0 aliphatic heterocycles. The van der Waals surface area contributed by atoms with Gasteiger partial charge in [-0.25, -0.2) is 0 Å². The molecule has 1 aliphatic carbocycles. The summed E-state index contributed by atoms with van der Waals surface area (Å²) in [5.41, 5.74) is 7.15. The number of hydrogen-bond acceptors (Lipinski definition) is 2. The molecule has 0 atom stereocenters. The average molecular weight is 246 g/mol. The Morgan fingerprint density at radius 2 is 1.78 bits per heavy atom. The van der Waals surface area contributed by atoms with Crippen molar-refractivity contribution in [2.24, 2.45) is 11.7 Å². The van der Waals surface area contributed by atoms with Crippen molar-refractivity contribution in [3.63, 3.8) is 0 Å². The molecule has 0 unspecified atom stereocenters. The van der Waals surface area contributed by atoms with Crippen LogP contribution in [0.25, 0.3) is 0 Å². The Kier molecular flexibility index (Phi) is 5.69. The summed E-state index contributed by atoms with van der Waals surface area (Å²) < 4.78 is 0. The van der Waals surface area contributed by atoms with Gasteiger partial charge in [0.25, 0.3) is 0 Å². The third kappa shape index (κ3) is 4.43. The zero-order chi connectivity index (χ0) is 12.6. The summed E-state index contributed by atoms with van der Waals surface area (Å²) in [4.78, 5) is 2.53. The van der Waals surface area contributed by atoms with Gasteiger partial charge >= 0.3 is 0 Å². The third-order valence-corrected chi connectivity index (χ3v) is 3.94. The first-order chi connectivity index (χ1) is 8.88. The largest absolute Gasteiger partial charge is 0.329 e. The second-order valence-electron chi connectivity index (χ2n) is 5.51. The van der Waals surface area contributed by atoms with E-state index in [2.05, 4.69) is 35.2 Å². The average Bonchev–Trinajstić information content (AvgIpc) is 2.41. The van der Waals surface area contributed by atoms with E-state index in [1.807, 2.05) is 0 Å². The lowest BCUT2D eigenvalue weighted by Gasteiger charge is -2.29. The highest BCUT2D eigenvalue weighted by atomic mass is 15.1. The van der Waals surface area contributed by atoms with Crippen molar-refractivity contribution < 1.29 is 0 Å². The van der Waals surface area contributed by atoms with E-state index in [-0.39, 0.29) is 0 Å². The standard InChI is InChI=1S/C16H26N2/c17-11-12-18(13-15-7-3-1-4-8-15)14-16-9-5-2-6-10-16/h1,3-4,7-8,16H,2,5-6,9-14,17H2. The Morgan fingerprint density at radius 1 is 1.06 bits per heavy atom. The molecule has 100 valence electrons. The van der Waals surface area contributed by atoms with Gasteiger partial charge in [0.1, 0.15) is 0 Å². The van der Waals surface area contributed by atoms with Crippen LogP contribution in [0.3, 0.4) is 0 Å². The summed E-state index contributed by atoms with van der Waals surface area (Å²) in [5, 5.41) is 0. The van der Waals surface area contributed by atoms with Crippen LogP contribution in [0.1, 0.15) is 37.7 Å². The van der Waals surface area contributed by atoms with Gasteiger partial charge in [-0.1, -0.05) is 49.6 Å². The molecule has 18 heavy (non-hydrogen) atoms. The van der Waals surface area contributed by atoms with Crippen molar-refractivity contribution in [2.75, 3.05) is 19.6 Å². The van der Waals surface area contributed by atoms with Crippen molar-refractivity contribution in [1.82, 2.24) is 4.90 Å². The molecule has 2 heteroatoms. The summed E-state index contributed by atoms with van der Waals surface area (Å²) in [5.74, 6) is 0.897. The Hall–Kier alpha value is -0.860. The molecule has 0 radical (unpaired) electrons. The van der Waals surface area contributed by atoms with Crippen molar-refractivity contribution >= 4 is 0 Å². The molecule has 2 nitrogen and oxygen atoms in total. The van der Waals surface area contributed by atoms with Crippen molar-refractivity contribution in [3.8, 4) is 0 Å². The van der Waals surface area contributed by atoms with E-state index >= 15 is 0 Å². The predicted molar refractivity (Wildman–Crippen MR) is 77.3 cm³/mol. The molecule has 2 N–H and O–H groups in total. The van der Waals surface area contributed by atoms with Crippen molar-refractivity contribution in [3.05, 3.63) is 35.9 Å². The van der Waals surface area contributed by atoms with Gasteiger partial charge in [-0.15, -0.1) is 0 Å². The van der Waals surface area contributed by atoms with Gasteiger partial charge in [-0.05, 0) is 24.3 Å². The van der Waals surface area contributed by atoms with E-state index in [1.165, 1.54) is 44.2 Å². The fraction of sp³-hybridized carbons (Fsp3) is 0.625. The molecular weight excluding hydrogens is 220 g/mol. The SMILES string of the molecule is NCCN(Cc1ccccc1)CC1CCCCC1. The Morgan fingerprint density at radius 3 is 2.44 bits per heavy atom. The number of rotatable bonds is 6. The first kappa shape index (κ1) is 13.6. The fourth-order valence-corrected chi connectivity index (χ4v) is 2.99. The molecule has 0 amide bonds. The quantitative estimate of drug-likeness (QED) is 0.836. The number of nitrogens with two attached hydrogens (primary N) is 1. The first-order valence-electron chi connectivity index (χ1n) is 7.35. The smallest absolute Gasteiger partial charge is 0.0234 e. The van der Waals surface area contributed by atoms with Crippen molar-refractivity contribution in [2.45, 2.75) is 38.6 Å². The van der Waals surface area contributed by atoms with Gasteiger partial charge in [0, 0.05) is 26.2 Å². The van der Waals surface area contributed by atoms with Crippen LogP contribution in [0, 0.1) is 5.92 Å². The molecule has 2 rings (SSSR count). The highest BCUT2D eigenvalue weighted by molar-refractivity contribution is 5.14. The van der Waals surface area contributed by atoms with E-state index in [0.717, 1.165) is 25.6 Å². The van der Waals surface area contributed by atoms with E-state index < -0.39 is 0 Å². The zero-order valence-electron chi connectivity index (χ0n) is 11.4. The van der Waals surface area contributed by atoms with Crippen LogP contribution in [-0.2, 0) is 6.54 Å². The summed E-state index contributed by atoms with van der Waals surface area (Å²) in [6.45, 7) is 4.06. The normalized spacial score (nSPS) is 17.2. The van der Waals surface area contributed by atoms with E-state index in [9.17, 15) is 0 Å². The maximum absolute atomic E-state index is 5.75. The molecule has 1 aliphatic rings. The first-order valence-corrected chi connectivity index (χ1v) is 7.35. The van der Waals surface area contributed by atoms with E-state index in [0.29, 0.717) is 0 Å². The summed E-state index contributed by atoms with van der Waals surface area (Å²) in [7, 11) is 0. The molecule has 1 saturated carbocycles. The van der Waals surface area contributed by atoms with Gasteiger partial charge in [0.15, 0.2) is 0 Å². The van der Waals surface area contributed by atoms with Gasteiger partial charge < -0.3 is 5.73 Å². The van der Waals surface area contributed by atoms with Crippen LogP contribution in [0.4, 0.5) is 0 Å². The van der Waals surface area contributed by atoms with Gasteiger partial charge in [0.05, 0.1) is 0 Å². The van der Waals surface area contributed by atoms with Crippen molar-refractivity contribution in [1.29, 1.82) is 0 Å². The molecule has 1 aromatic rings. The molecule has 0 spiro atoms. The number of benzene rings is 1. The van der Waals surface area contributed by atoms with Gasteiger partial charge in [-0.3, -0.25) is 4.90 Å². The fourth-order valence-electron chi connectivity index (χ4n) is 2.99. The minimum absolute atomic E-state index is 0.763. The predicted octanol–water partition coefficient (Wildman–Crippen LogP) is 3.03. The Bertz CT molecular complexity index is 317. The highest BCUT2D eigenvalue weighted by Gasteiger charge is 2.16. The minimum atomic E-state index is 0.763. The molecular formula is C16H26N2. The highest BCUT2D eigenvalue weighted by Crippen LogP contribution is 2.24. The van der Waals surface area contributed by atoms with Crippen LogP contribution < -0.4 is 5.73 Å². The van der Waals surface area contributed by atoms with Crippen LogP contribution >= 0.6 is 0 Å².